The Hall–Kier alpha value is -0.920. The van der Waals surface area contributed by atoms with Gasteiger partial charge in [-0.1, -0.05) is 17.7 Å². The highest BCUT2D eigenvalue weighted by Crippen LogP contribution is 2.28. The van der Waals surface area contributed by atoms with E-state index in [0.717, 1.165) is 17.7 Å². The van der Waals surface area contributed by atoms with Gasteiger partial charge in [0.2, 0.25) is 11.3 Å². The van der Waals surface area contributed by atoms with Crippen molar-refractivity contribution in [3.63, 3.8) is 0 Å². The number of benzene rings is 1. The second kappa shape index (κ2) is 6.13. The van der Waals surface area contributed by atoms with Crippen molar-refractivity contribution < 1.29 is 21.6 Å². The molecular formula is C10H12F3NO2S. The first-order valence-electron chi connectivity index (χ1n) is 4.82. The van der Waals surface area contributed by atoms with E-state index in [0.29, 0.717) is 13.2 Å². The van der Waals surface area contributed by atoms with E-state index in [1.165, 1.54) is 12.1 Å². The molecule has 0 amide bonds. The molecule has 0 radical (unpaired) electrons. The number of halogens is 3. The maximum absolute atomic E-state index is 11.9. The minimum absolute atomic E-state index is 0.576. The van der Waals surface area contributed by atoms with Crippen LogP contribution in [0.3, 0.4) is 0 Å². The monoisotopic (exact) mass is 267 g/mol. The fourth-order valence-electron chi connectivity index (χ4n) is 1.03. The van der Waals surface area contributed by atoms with Gasteiger partial charge in [-0.25, -0.2) is 8.93 Å². The van der Waals surface area contributed by atoms with Crippen molar-refractivity contribution in [3.05, 3.63) is 35.4 Å². The molecule has 0 aliphatic carbocycles. The minimum Gasteiger partial charge on any atom is -0.277 e. The fraction of sp³-hybridized carbons (Fsp3) is 0.400. The van der Waals surface area contributed by atoms with Gasteiger partial charge in [0.25, 0.3) is 0 Å². The van der Waals surface area contributed by atoms with Crippen molar-refractivity contribution in [2.24, 2.45) is 0 Å². The Morgan fingerprint density at radius 1 is 1.29 bits per heavy atom. The molecule has 1 heterocycles. The number of alkyl halides is 3. The lowest BCUT2D eigenvalue weighted by Crippen LogP contribution is -2.06. The minimum atomic E-state index is -4.21. The maximum atomic E-state index is 11.9. The summed E-state index contributed by atoms with van der Waals surface area (Å²) in [7, 11) is 0. The molecule has 0 spiro atoms. The molecule has 1 N–H and O–H groups in total. The van der Waals surface area contributed by atoms with E-state index < -0.39 is 23.0 Å². The lowest BCUT2D eigenvalue weighted by Gasteiger charge is -2.05. The fourth-order valence-corrected chi connectivity index (χ4v) is 1.59. The first-order valence-corrected chi connectivity index (χ1v) is 5.89. The third kappa shape index (κ3) is 5.29. The number of nitrogens with one attached hydrogen (secondary N) is 1. The Kier molecular flexibility index (Phi) is 5.10. The zero-order valence-electron chi connectivity index (χ0n) is 9.08. The average molecular weight is 267 g/mol. The third-order valence-electron chi connectivity index (χ3n) is 1.89. The molecule has 2 rings (SSSR count). The molecule has 1 aliphatic heterocycles. The molecule has 0 aromatic heterocycles. The summed E-state index contributed by atoms with van der Waals surface area (Å²) in [5.74, 6) is 0. The lowest BCUT2D eigenvalue weighted by atomic mass is 10.1. The van der Waals surface area contributed by atoms with Crippen molar-refractivity contribution in [1.82, 2.24) is 4.72 Å². The lowest BCUT2D eigenvalue weighted by molar-refractivity contribution is -0.137. The Morgan fingerprint density at radius 3 is 2.18 bits per heavy atom. The van der Waals surface area contributed by atoms with Crippen LogP contribution in [-0.2, 0) is 21.6 Å². The topological polar surface area (TPSA) is 38.3 Å². The first kappa shape index (κ1) is 14.1. The highest BCUT2D eigenvalue weighted by Gasteiger charge is 2.29. The number of hydrogen-bond donors (Lipinski definition) is 1. The van der Waals surface area contributed by atoms with Gasteiger partial charge < -0.3 is 0 Å². The predicted octanol–water partition coefficient (Wildman–Crippen LogP) is 2.20. The van der Waals surface area contributed by atoms with Gasteiger partial charge in [-0.05, 0) is 19.1 Å². The second-order valence-corrected chi connectivity index (χ2v) is 4.31. The summed E-state index contributed by atoms with van der Waals surface area (Å²) >= 11 is -1.17. The number of rotatable bonds is 0. The SMILES string of the molecule is Cc1ccc(C(F)(F)F)cc1.O=S1NCCO1. The molecule has 0 saturated carbocycles. The number of aryl methyl sites for hydroxylation is 1. The van der Waals surface area contributed by atoms with Gasteiger partial charge in [0, 0.05) is 6.54 Å². The molecule has 96 valence electrons. The van der Waals surface area contributed by atoms with Crippen LogP contribution in [0.1, 0.15) is 11.1 Å². The van der Waals surface area contributed by atoms with E-state index >= 15 is 0 Å². The maximum Gasteiger partial charge on any atom is 0.416 e. The van der Waals surface area contributed by atoms with Crippen molar-refractivity contribution >= 4 is 11.3 Å². The van der Waals surface area contributed by atoms with Crippen molar-refractivity contribution in [1.29, 1.82) is 0 Å². The van der Waals surface area contributed by atoms with Crippen molar-refractivity contribution in [2.45, 2.75) is 13.1 Å². The molecule has 3 nitrogen and oxygen atoms in total. The molecule has 1 unspecified atom stereocenters. The summed E-state index contributed by atoms with van der Waals surface area (Å²) in [5.41, 5.74) is 0.237. The van der Waals surface area contributed by atoms with Crippen LogP contribution < -0.4 is 4.72 Å². The molecule has 1 saturated heterocycles. The second-order valence-electron chi connectivity index (χ2n) is 3.31. The van der Waals surface area contributed by atoms with Crippen LogP contribution in [0.5, 0.6) is 0 Å². The van der Waals surface area contributed by atoms with Gasteiger partial charge in [-0.15, -0.1) is 0 Å². The molecule has 7 heteroatoms. The zero-order chi connectivity index (χ0) is 12.9. The Labute approximate surface area is 99.8 Å². The van der Waals surface area contributed by atoms with Gasteiger partial charge in [0.1, 0.15) is 0 Å². The highest BCUT2D eigenvalue weighted by atomic mass is 32.2. The summed E-state index contributed by atoms with van der Waals surface area (Å²) in [6, 6.07) is 5.05. The Bertz CT molecular complexity index is 370. The Balaban J connectivity index is 0.000000202. The molecule has 17 heavy (non-hydrogen) atoms. The largest absolute Gasteiger partial charge is 0.416 e. The van der Waals surface area contributed by atoms with Gasteiger partial charge in [-0.3, -0.25) is 4.18 Å². The van der Waals surface area contributed by atoms with E-state index in [-0.39, 0.29) is 0 Å². The highest BCUT2D eigenvalue weighted by molar-refractivity contribution is 7.78. The van der Waals surface area contributed by atoms with E-state index in [1.54, 1.807) is 6.92 Å². The molecular weight excluding hydrogens is 255 g/mol. The molecule has 1 aromatic rings. The van der Waals surface area contributed by atoms with E-state index in [1.807, 2.05) is 0 Å². The van der Waals surface area contributed by atoms with Crippen LogP contribution in [0.2, 0.25) is 0 Å². The van der Waals surface area contributed by atoms with E-state index in [4.69, 9.17) is 0 Å². The van der Waals surface area contributed by atoms with Crippen LogP contribution in [0.25, 0.3) is 0 Å². The van der Waals surface area contributed by atoms with Crippen LogP contribution in [-0.4, -0.2) is 17.4 Å². The third-order valence-corrected chi connectivity index (χ3v) is 2.71. The van der Waals surface area contributed by atoms with Crippen LogP contribution in [0, 0.1) is 6.92 Å². The molecule has 1 atom stereocenters. The molecule has 0 bridgehead atoms. The summed E-state index contributed by atoms with van der Waals surface area (Å²) in [5, 5.41) is 0. The van der Waals surface area contributed by atoms with E-state index in [2.05, 4.69) is 8.91 Å². The van der Waals surface area contributed by atoms with Gasteiger partial charge in [0.15, 0.2) is 0 Å². The summed E-state index contributed by atoms with van der Waals surface area (Å²) in [6.45, 7) is 3.04. The van der Waals surface area contributed by atoms with Gasteiger partial charge >= 0.3 is 6.18 Å². The average Bonchev–Trinajstić information content (AvgIpc) is 2.69. The standard InChI is InChI=1S/C8H7F3.C2H5NO2S/c1-6-2-4-7(5-3-6)8(9,10)11;4-6-3-1-2-5-6/h2-5H,1H3;3H,1-2H2. The molecule has 1 aliphatic rings. The first-order chi connectivity index (χ1) is 7.89. The molecule has 1 fully saturated rings. The van der Waals surface area contributed by atoms with Gasteiger partial charge in [-0.2, -0.15) is 13.2 Å². The van der Waals surface area contributed by atoms with Gasteiger partial charge in [0.05, 0.1) is 12.2 Å². The van der Waals surface area contributed by atoms with Crippen LogP contribution in [0.15, 0.2) is 24.3 Å². The summed E-state index contributed by atoms with van der Waals surface area (Å²) in [6.07, 6.45) is -4.21. The quantitative estimate of drug-likeness (QED) is 0.782. The normalized spacial score (nSPS) is 19.6. The zero-order valence-corrected chi connectivity index (χ0v) is 9.90. The molecule has 1 aromatic carbocycles. The van der Waals surface area contributed by atoms with Crippen LogP contribution in [0.4, 0.5) is 13.2 Å². The number of hydrogen-bond acceptors (Lipinski definition) is 2. The summed E-state index contributed by atoms with van der Waals surface area (Å²) < 4.78 is 52.9. The Morgan fingerprint density at radius 2 is 1.88 bits per heavy atom. The van der Waals surface area contributed by atoms with Crippen LogP contribution >= 0.6 is 0 Å². The summed E-state index contributed by atoms with van der Waals surface area (Å²) in [4.78, 5) is 0. The predicted molar refractivity (Wildman–Crippen MR) is 58.3 cm³/mol. The smallest absolute Gasteiger partial charge is 0.277 e. The van der Waals surface area contributed by atoms with E-state index in [9.17, 15) is 17.4 Å². The van der Waals surface area contributed by atoms with Crippen molar-refractivity contribution in [3.8, 4) is 0 Å². The van der Waals surface area contributed by atoms with Crippen molar-refractivity contribution in [2.75, 3.05) is 13.2 Å².